The maximum Gasteiger partial charge on any atom is 0.329 e. The van der Waals surface area contributed by atoms with Crippen molar-refractivity contribution in [2.75, 3.05) is 37.7 Å². The van der Waals surface area contributed by atoms with Crippen molar-refractivity contribution in [2.45, 2.75) is 64.4 Å². The molecule has 2 saturated heterocycles. The molecule has 4 rings (SSSR count). The second-order valence-electron chi connectivity index (χ2n) is 11.8. The van der Waals surface area contributed by atoms with E-state index in [0.29, 0.717) is 48.7 Å². The van der Waals surface area contributed by atoms with E-state index in [0.717, 1.165) is 18.4 Å². The van der Waals surface area contributed by atoms with Gasteiger partial charge in [-0.05, 0) is 41.9 Å². The van der Waals surface area contributed by atoms with Crippen LogP contribution in [0.2, 0.25) is 0 Å². The van der Waals surface area contributed by atoms with Gasteiger partial charge >= 0.3 is 5.97 Å². The summed E-state index contributed by atoms with van der Waals surface area (Å²) in [7, 11) is 0. The van der Waals surface area contributed by atoms with Gasteiger partial charge in [0, 0.05) is 36.7 Å². The fraction of sp³-hybridized carbons (Fsp3) is 0.516. The number of aliphatic carboxylic acids is 1. The number of anilines is 1. The standard InChI is InChI=1S/C31H41N3O5/c1-5-9-21-16-34(30(32)28(21)20-10-7-6-8-11-20)18-26(35)22-14-24(31(2,3)4)29(38)25(15-22)33-13-12-23(17-33)39-19-27(36)37/h6-8,10-11,14-15,21,23,28,32,38H,5,9,12-13,16-19H2,1-4H3,(H,36,37)/t21-,23?,28+/m0/s1. The largest absolute Gasteiger partial charge is 0.505 e. The van der Waals surface area contributed by atoms with E-state index in [9.17, 15) is 14.7 Å². The molecule has 0 radical (unpaired) electrons. The monoisotopic (exact) mass is 535 g/mol. The lowest BCUT2D eigenvalue weighted by molar-refractivity contribution is -0.143. The molecule has 0 aromatic heterocycles. The van der Waals surface area contributed by atoms with Crippen molar-refractivity contribution < 1.29 is 24.5 Å². The van der Waals surface area contributed by atoms with Crippen LogP contribution in [0.1, 0.15) is 74.4 Å². The number of nitrogens with one attached hydrogen (secondary N) is 1. The molecule has 8 nitrogen and oxygen atoms in total. The van der Waals surface area contributed by atoms with Crippen molar-refractivity contribution in [3.05, 3.63) is 59.2 Å². The molecule has 2 aromatic rings. The van der Waals surface area contributed by atoms with Gasteiger partial charge in [0.2, 0.25) is 0 Å². The number of hydrogen-bond acceptors (Lipinski definition) is 6. The van der Waals surface area contributed by atoms with Crippen molar-refractivity contribution in [1.82, 2.24) is 4.90 Å². The number of nitrogens with zero attached hydrogens (tertiary/aromatic N) is 2. The summed E-state index contributed by atoms with van der Waals surface area (Å²) in [5, 5.41) is 29.2. The molecule has 39 heavy (non-hydrogen) atoms. The average Bonchev–Trinajstić information content (AvgIpc) is 3.47. The summed E-state index contributed by atoms with van der Waals surface area (Å²) in [6.45, 7) is 9.60. The topological polar surface area (TPSA) is 114 Å². The van der Waals surface area contributed by atoms with Gasteiger partial charge in [-0.15, -0.1) is 0 Å². The van der Waals surface area contributed by atoms with Crippen molar-refractivity contribution >= 4 is 23.3 Å². The van der Waals surface area contributed by atoms with Crippen LogP contribution in [-0.4, -0.2) is 71.6 Å². The van der Waals surface area contributed by atoms with Crippen molar-refractivity contribution in [3.8, 4) is 5.75 Å². The third-order valence-electron chi connectivity index (χ3n) is 7.86. The van der Waals surface area contributed by atoms with Crippen LogP contribution in [0.25, 0.3) is 0 Å². The quantitative estimate of drug-likeness (QED) is 0.365. The van der Waals surface area contributed by atoms with Crippen LogP contribution in [0.5, 0.6) is 5.75 Å². The number of benzene rings is 2. The van der Waals surface area contributed by atoms with E-state index in [-0.39, 0.29) is 42.6 Å². The molecule has 0 spiro atoms. The molecular weight excluding hydrogens is 494 g/mol. The number of aromatic hydroxyl groups is 1. The summed E-state index contributed by atoms with van der Waals surface area (Å²) in [6.07, 6.45) is 2.39. The number of carbonyl (C=O) groups is 2. The first-order valence-corrected chi connectivity index (χ1v) is 13.9. The Morgan fingerprint density at radius 3 is 2.49 bits per heavy atom. The Bertz CT molecular complexity index is 1210. The fourth-order valence-corrected chi connectivity index (χ4v) is 5.91. The smallest absolute Gasteiger partial charge is 0.329 e. The highest BCUT2D eigenvalue weighted by atomic mass is 16.5. The molecule has 2 fully saturated rings. The van der Waals surface area contributed by atoms with Gasteiger partial charge in [0.1, 0.15) is 18.2 Å². The number of Topliss-reactive ketones (excluding diaryl/α,β-unsaturated/α-hetero) is 1. The summed E-state index contributed by atoms with van der Waals surface area (Å²) >= 11 is 0. The Balaban J connectivity index is 1.58. The van der Waals surface area contributed by atoms with Gasteiger partial charge in [-0.2, -0.15) is 0 Å². The summed E-state index contributed by atoms with van der Waals surface area (Å²) < 4.78 is 5.49. The first-order valence-electron chi connectivity index (χ1n) is 13.9. The van der Waals surface area contributed by atoms with Gasteiger partial charge in [-0.1, -0.05) is 64.4 Å². The fourth-order valence-electron chi connectivity index (χ4n) is 5.91. The van der Waals surface area contributed by atoms with E-state index in [1.54, 1.807) is 12.1 Å². The predicted octanol–water partition coefficient (Wildman–Crippen LogP) is 5.05. The second-order valence-corrected chi connectivity index (χ2v) is 11.8. The van der Waals surface area contributed by atoms with Crippen molar-refractivity contribution in [3.63, 3.8) is 0 Å². The Morgan fingerprint density at radius 2 is 1.85 bits per heavy atom. The molecule has 0 saturated carbocycles. The number of ether oxygens (including phenoxy) is 1. The number of carbonyl (C=O) groups excluding carboxylic acids is 1. The van der Waals surface area contributed by atoms with Crippen LogP contribution in [-0.2, 0) is 14.9 Å². The van der Waals surface area contributed by atoms with Gasteiger partial charge in [-0.25, -0.2) is 4.79 Å². The minimum atomic E-state index is -1.01. The molecule has 3 atom stereocenters. The minimum Gasteiger partial charge on any atom is -0.505 e. The van der Waals surface area contributed by atoms with Crippen LogP contribution in [0, 0.1) is 11.3 Å². The number of carboxylic acids is 1. The van der Waals surface area contributed by atoms with Gasteiger partial charge < -0.3 is 24.7 Å². The SMILES string of the molecule is CCC[C@H]1CN(CC(=O)c2cc(N3CCC(OCC(=O)O)C3)c(O)c(C(C)(C)C)c2)C(=N)[C@@H]1c1ccccc1. The molecule has 210 valence electrons. The number of likely N-dealkylation sites (tertiary alicyclic amines) is 1. The Hall–Kier alpha value is -3.39. The lowest BCUT2D eigenvalue weighted by Crippen LogP contribution is -2.32. The summed E-state index contributed by atoms with van der Waals surface area (Å²) in [5.41, 5.74) is 2.46. The number of phenols is 1. The number of hydrogen-bond donors (Lipinski definition) is 3. The molecule has 0 aliphatic carbocycles. The van der Waals surface area contributed by atoms with Crippen LogP contribution >= 0.6 is 0 Å². The van der Waals surface area contributed by atoms with E-state index in [1.165, 1.54) is 0 Å². The van der Waals surface area contributed by atoms with E-state index in [1.807, 2.05) is 48.8 Å². The van der Waals surface area contributed by atoms with Crippen LogP contribution in [0.15, 0.2) is 42.5 Å². The van der Waals surface area contributed by atoms with Crippen molar-refractivity contribution in [1.29, 1.82) is 5.41 Å². The molecular formula is C31H41N3O5. The summed E-state index contributed by atoms with van der Waals surface area (Å²) in [4.78, 5) is 28.5. The molecule has 2 heterocycles. The van der Waals surface area contributed by atoms with Gasteiger partial charge in [-0.3, -0.25) is 10.2 Å². The second kappa shape index (κ2) is 11.8. The summed E-state index contributed by atoms with van der Waals surface area (Å²) in [5.74, 6) is -0.215. The molecule has 3 N–H and O–H groups in total. The number of ketones is 1. The van der Waals surface area contributed by atoms with E-state index in [4.69, 9.17) is 15.3 Å². The third-order valence-corrected chi connectivity index (χ3v) is 7.86. The average molecular weight is 536 g/mol. The van der Waals surface area contributed by atoms with Gasteiger partial charge in [0.05, 0.1) is 18.3 Å². The lowest BCUT2D eigenvalue weighted by atomic mass is 9.84. The highest BCUT2D eigenvalue weighted by Crippen LogP contribution is 2.41. The van der Waals surface area contributed by atoms with Gasteiger partial charge in [0.15, 0.2) is 5.78 Å². The molecule has 2 aliphatic rings. The number of phenolic OH excluding ortho intramolecular Hbond substituents is 1. The minimum absolute atomic E-state index is 0.0215. The number of rotatable bonds is 10. The van der Waals surface area contributed by atoms with E-state index < -0.39 is 11.4 Å². The predicted molar refractivity (Wildman–Crippen MR) is 152 cm³/mol. The molecule has 0 bridgehead atoms. The normalized spacial score (nSPS) is 21.5. The highest BCUT2D eigenvalue weighted by Gasteiger charge is 2.39. The first-order chi connectivity index (χ1) is 18.5. The number of amidine groups is 1. The molecule has 2 aliphatic heterocycles. The maximum atomic E-state index is 13.7. The lowest BCUT2D eigenvalue weighted by Gasteiger charge is -2.27. The molecule has 0 amide bonds. The van der Waals surface area contributed by atoms with E-state index >= 15 is 0 Å². The van der Waals surface area contributed by atoms with Crippen LogP contribution < -0.4 is 4.90 Å². The Labute approximate surface area is 231 Å². The maximum absolute atomic E-state index is 13.7. The van der Waals surface area contributed by atoms with E-state index in [2.05, 4.69) is 19.1 Å². The Kier molecular flexibility index (Phi) is 8.64. The van der Waals surface area contributed by atoms with Crippen LogP contribution in [0.3, 0.4) is 0 Å². The zero-order valence-electron chi connectivity index (χ0n) is 23.4. The zero-order chi connectivity index (χ0) is 28.3. The molecule has 1 unspecified atom stereocenters. The first kappa shape index (κ1) is 28.6. The number of carboxylic acid groups (broad SMARTS) is 1. The molecule has 8 heteroatoms. The summed E-state index contributed by atoms with van der Waals surface area (Å²) in [6, 6.07) is 13.6. The van der Waals surface area contributed by atoms with Crippen LogP contribution in [0.4, 0.5) is 5.69 Å². The highest BCUT2D eigenvalue weighted by molar-refractivity contribution is 6.02. The Morgan fingerprint density at radius 1 is 1.13 bits per heavy atom. The molecule has 2 aromatic carbocycles. The van der Waals surface area contributed by atoms with Gasteiger partial charge in [0.25, 0.3) is 0 Å². The zero-order valence-corrected chi connectivity index (χ0v) is 23.4. The van der Waals surface area contributed by atoms with Crippen molar-refractivity contribution in [2.24, 2.45) is 5.92 Å². The third kappa shape index (κ3) is 6.44.